The normalized spacial score (nSPS) is 10.4. The molecule has 1 heterocycles. The zero-order valence-electron chi connectivity index (χ0n) is 11.4. The number of nitrogen functional groups attached to an aromatic ring is 1. The van der Waals surface area contributed by atoms with Crippen LogP contribution in [0.2, 0.25) is 0 Å². The van der Waals surface area contributed by atoms with Gasteiger partial charge in [0.25, 0.3) is 0 Å². The van der Waals surface area contributed by atoms with Gasteiger partial charge in [-0.05, 0) is 36.1 Å². The molecule has 1 aromatic heterocycles. The van der Waals surface area contributed by atoms with E-state index in [9.17, 15) is 0 Å². The molecule has 0 fully saturated rings. The van der Waals surface area contributed by atoms with Crippen molar-refractivity contribution in [1.82, 2.24) is 9.97 Å². The maximum atomic E-state index is 5.74. The summed E-state index contributed by atoms with van der Waals surface area (Å²) in [6.07, 6.45) is 5.42. The number of benzene rings is 1. The minimum Gasteiger partial charge on any atom is -0.493 e. The summed E-state index contributed by atoms with van der Waals surface area (Å²) in [5.74, 6) is 1.26. The van der Waals surface area contributed by atoms with Crippen LogP contribution in [-0.2, 0) is 6.42 Å². The van der Waals surface area contributed by atoms with Gasteiger partial charge in [0.05, 0.1) is 6.61 Å². The van der Waals surface area contributed by atoms with Crippen molar-refractivity contribution in [2.24, 2.45) is 0 Å². The van der Waals surface area contributed by atoms with Crippen LogP contribution in [0.15, 0.2) is 30.6 Å². The number of anilines is 1. The van der Waals surface area contributed by atoms with Crippen LogP contribution in [0.5, 0.6) is 5.75 Å². The van der Waals surface area contributed by atoms with E-state index >= 15 is 0 Å². The Morgan fingerprint density at radius 3 is 2.47 bits per heavy atom. The van der Waals surface area contributed by atoms with Crippen LogP contribution < -0.4 is 10.5 Å². The maximum Gasteiger partial charge on any atom is 0.219 e. The molecule has 0 aliphatic rings. The lowest BCUT2D eigenvalue weighted by molar-refractivity contribution is 0.314. The van der Waals surface area contributed by atoms with E-state index in [-0.39, 0.29) is 0 Å². The van der Waals surface area contributed by atoms with Crippen molar-refractivity contribution >= 4 is 5.95 Å². The van der Waals surface area contributed by atoms with E-state index in [0.717, 1.165) is 36.3 Å². The van der Waals surface area contributed by atoms with E-state index in [2.05, 4.69) is 29.9 Å². The zero-order chi connectivity index (χ0) is 13.7. The number of hydrogen-bond acceptors (Lipinski definition) is 4. The molecule has 0 saturated carbocycles. The van der Waals surface area contributed by atoms with Gasteiger partial charge >= 0.3 is 0 Å². The van der Waals surface area contributed by atoms with E-state index in [4.69, 9.17) is 10.5 Å². The van der Waals surface area contributed by atoms with E-state index in [1.807, 2.05) is 12.1 Å². The van der Waals surface area contributed by atoms with E-state index in [1.54, 1.807) is 12.4 Å². The average Bonchev–Trinajstić information content (AvgIpc) is 2.46. The third-order valence-corrected chi connectivity index (χ3v) is 2.91. The topological polar surface area (TPSA) is 61.0 Å². The Bertz CT molecular complexity index is 538. The fourth-order valence-electron chi connectivity index (χ4n) is 1.88. The third kappa shape index (κ3) is 3.22. The zero-order valence-corrected chi connectivity index (χ0v) is 11.4. The van der Waals surface area contributed by atoms with Gasteiger partial charge in [0.1, 0.15) is 5.75 Å². The van der Waals surface area contributed by atoms with E-state index in [0.29, 0.717) is 5.95 Å². The first kappa shape index (κ1) is 13.3. The van der Waals surface area contributed by atoms with Gasteiger partial charge in [-0.2, -0.15) is 0 Å². The molecule has 0 amide bonds. The van der Waals surface area contributed by atoms with Crippen LogP contribution in [0.3, 0.4) is 0 Å². The van der Waals surface area contributed by atoms with Crippen LogP contribution in [-0.4, -0.2) is 16.6 Å². The Kier molecular flexibility index (Phi) is 4.34. The second-order valence-electron chi connectivity index (χ2n) is 4.35. The minimum atomic E-state index is 0.294. The predicted molar refractivity (Wildman–Crippen MR) is 77.0 cm³/mol. The van der Waals surface area contributed by atoms with Gasteiger partial charge in [0, 0.05) is 18.0 Å². The molecule has 0 radical (unpaired) electrons. The predicted octanol–water partition coefficient (Wildman–Crippen LogP) is 3.08. The molecule has 1 aromatic carbocycles. The van der Waals surface area contributed by atoms with Crippen molar-refractivity contribution in [3.8, 4) is 16.9 Å². The fraction of sp³-hybridized carbons (Fsp3) is 0.333. The van der Waals surface area contributed by atoms with Gasteiger partial charge in [-0.25, -0.2) is 9.97 Å². The SMILES string of the molecule is CCCOc1ccc(-c2cnc(N)nc2)cc1CC. The first-order valence-corrected chi connectivity index (χ1v) is 6.58. The number of aryl methyl sites for hydroxylation is 1. The number of rotatable bonds is 5. The second kappa shape index (κ2) is 6.18. The molecular weight excluding hydrogens is 238 g/mol. The molecule has 2 aromatic rings. The molecular formula is C15H19N3O. The highest BCUT2D eigenvalue weighted by atomic mass is 16.5. The molecule has 100 valence electrons. The van der Waals surface area contributed by atoms with Crippen molar-refractivity contribution in [1.29, 1.82) is 0 Å². The summed E-state index contributed by atoms with van der Waals surface area (Å²) in [4.78, 5) is 8.04. The fourth-order valence-corrected chi connectivity index (χ4v) is 1.88. The number of nitrogens with zero attached hydrogens (tertiary/aromatic N) is 2. The molecule has 0 atom stereocenters. The quantitative estimate of drug-likeness (QED) is 0.894. The van der Waals surface area contributed by atoms with Gasteiger partial charge in [-0.15, -0.1) is 0 Å². The highest BCUT2D eigenvalue weighted by Gasteiger charge is 2.06. The monoisotopic (exact) mass is 257 g/mol. The molecule has 4 heteroatoms. The minimum absolute atomic E-state index is 0.294. The van der Waals surface area contributed by atoms with Gasteiger partial charge < -0.3 is 10.5 Å². The Morgan fingerprint density at radius 2 is 1.84 bits per heavy atom. The second-order valence-corrected chi connectivity index (χ2v) is 4.35. The van der Waals surface area contributed by atoms with Crippen molar-refractivity contribution in [2.75, 3.05) is 12.3 Å². The van der Waals surface area contributed by atoms with Crippen molar-refractivity contribution in [2.45, 2.75) is 26.7 Å². The van der Waals surface area contributed by atoms with Crippen LogP contribution in [0.25, 0.3) is 11.1 Å². The number of hydrogen-bond donors (Lipinski definition) is 1. The summed E-state index contributed by atoms with van der Waals surface area (Å²) in [7, 11) is 0. The van der Waals surface area contributed by atoms with Crippen LogP contribution in [0.1, 0.15) is 25.8 Å². The highest BCUT2D eigenvalue weighted by molar-refractivity contribution is 5.64. The molecule has 0 unspecified atom stereocenters. The molecule has 4 nitrogen and oxygen atoms in total. The summed E-state index contributed by atoms with van der Waals surface area (Å²) in [5.41, 5.74) is 8.74. The van der Waals surface area contributed by atoms with Gasteiger partial charge in [-0.1, -0.05) is 19.9 Å². The summed E-state index contributed by atoms with van der Waals surface area (Å²) in [6, 6.07) is 6.17. The first-order valence-electron chi connectivity index (χ1n) is 6.58. The largest absolute Gasteiger partial charge is 0.493 e. The van der Waals surface area contributed by atoms with E-state index in [1.165, 1.54) is 5.56 Å². The summed E-state index contributed by atoms with van der Waals surface area (Å²) in [5, 5.41) is 0. The summed E-state index contributed by atoms with van der Waals surface area (Å²) >= 11 is 0. The lowest BCUT2D eigenvalue weighted by atomic mass is 10.0. The highest BCUT2D eigenvalue weighted by Crippen LogP contribution is 2.26. The standard InChI is InChI=1S/C15H19N3O/c1-3-7-19-14-6-5-12(8-11(14)4-2)13-9-17-15(16)18-10-13/h5-6,8-10H,3-4,7H2,1-2H3,(H2,16,17,18). The third-order valence-electron chi connectivity index (χ3n) is 2.91. The number of aromatic nitrogens is 2. The van der Waals surface area contributed by atoms with Crippen molar-refractivity contribution in [3.05, 3.63) is 36.2 Å². The van der Waals surface area contributed by atoms with Crippen molar-refractivity contribution in [3.63, 3.8) is 0 Å². The molecule has 0 bridgehead atoms. The maximum absolute atomic E-state index is 5.74. The van der Waals surface area contributed by atoms with Gasteiger partial charge in [0.15, 0.2) is 0 Å². The molecule has 0 aliphatic heterocycles. The van der Waals surface area contributed by atoms with Gasteiger partial charge in [-0.3, -0.25) is 0 Å². The lowest BCUT2D eigenvalue weighted by Gasteiger charge is -2.11. The molecule has 0 saturated heterocycles. The smallest absolute Gasteiger partial charge is 0.219 e. The summed E-state index contributed by atoms with van der Waals surface area (Å²) in [6.45, 7) is 4.97. The average molecular weight is 257 g/mol. The van der Waals surface area contributed by atoms with Gasteiger partial charge in [0.2, 0.25) is 5.95 Å². The molecule has 19 heavy (non-hydrogen) atoms. The van der Waals surface area contributed by atoms with E-state index < -0.39 is 0 Å². The molecule has 2 rings (SSSR count). The Balaban J connectivity index is 2.30. The Morgan fingerprint density at radius 1 is 1.11 bits per heavy atom. The summed E-state index contributed by atoms with van der Waals surface area (Å²) < 4.78 is 5.74. The Hall–Kier alpha value is -2.10. The number of nitrogens with two attached hydrogens (primary N) is 1. The Labute approximate surface area is 113 Å². The lowest BCUT2D eigenvalue weighted by Crippen LogP contribution is -1.99. The first-order chi connectivity index (χ1) is 9.24. The molecule has 2 N–H and O–H groups in total. The van der Waals surface area contributed by atoms with Crippen LogP contribution in [0, 0.1) is 0 Å². The number of ether oxygens (including phenoxy) is 1. The molecule has 0 spiro atoms. The molecule has 0 aliphatic carbocycles. The van der Waals surface area contributed by atoms with Crippen LogP contribution >= 0.6 is 0 Å². The van der Waals surface area contributed by atoms with Crippen LogP contribution in [0.4, 0.5) is 5.95 Å². The van der Waals surface area contributed by atoms with Crippen molar-refractivity contribution < 1.29 is 4.74 Å².